The summed E-state index contributed by atoms with van der Waals surface area (Å²) in [6.45, 7) is -1.26. The van der Waals surface area contributed by atoms with E-state index in [1.807, 2.05) is 0 Å². The predicted molar refractivity (Wildman–Crippen MR) is 172 cm³/mol. The summed E-state index contributed by atoms with van der Waals surface area (Å²) in [6.07, 6.45) is 3.75. The number of carbonyl (C=O) groups excluding carboxylic acids is 3. The van der Waals surface area contributed by atoms with Crippen LogP contribution in [0.1, 0.15) is 31.5 Å². The lowest BCUT2D eigenvalue weighted by Gasteiger charge is -2.23. The van der Waals surface area contributed by atoms with Crippen molar-refractivity contribution in [2.45, 2.75) is 19.6 Å². The standard InChI is InChI=1S/C30H39N7O12/c38-16-13-35-7-1-19(41)25(44)22(35)28(47)31-4-10-34(11-5-32-29(48)23-26(45)20(42)2-8-36(23)14-17-39)12-6-33-30(49)24-27(46)21(43)3-9-37(24)15-18-40/h1-3,7-9,38-40,44-46H,4-6,10-18H2,(H,31,47)(H,32,48)(H,33,49). The number of hydrogen-bond donors (Lipinski definition) is 9. The molecule has 0 aliphatic carbocycles. The van der Waals surface area contributed by atoms with Crippen molar-refractivity contribution in [3.63, 3.8) is 0 Å². The molecule has 0 fully saturated rings. The molecule has 3 heterocycles. The maximum atomic E-state index is 12.9. The topological polar surface area (TPSA) is 278 Å². The summed E-state index contributed by atoms with van der Waals surface area (Å²) in [5.74, 6) is -4.84. The van der Waals surface area contributed by atoms with E-state index in [1.165, 1.54) is 32.3 Å². The van der Waals surface area contributed by atoms with Crippen molar-refractivity contribution in [2.75, 3.05) is 59.1 Å². The molecule has 3 amide bonds. The SMILES string of the molecule is O=C(NCCN(CCNC(=O)c1c(O)c(=O)ccn1CCO)CCNC(=O)c1c(O)c(=O)ccn1CCO)c1c(O)c(=O)ccn1CCO. The Morgan fingerprint density at radius 3 is 1.04 bits per heavy atom. The molecule has 0 atom stereocenters. The molecule has 0 saturated heterocycles. The lowest BCUT2D eigenvalue weighted by molar-refractivity contribution is 0.0932. The molecule has 19 heteroatoms. The van der Waals surface area contributed by atoms with E-state index in [1.54, 1.807) is 4.90 Å². The van der Waals surface area contributed by atoms with E-state index < -0.39 is 51.3 Å². The van der Waals surface area contributed by atoms with Crippen LogP contribution in [-0.4, -0.2) is 126 Å². The normalized spacial score (nSPS) is 11.0. The van der Waals surface area contributed by atoms with Gasteiger partial charge < -0.3 is 60.3 Å². The van der Waals surface area contributed by atoms with Gasteiger partial charge >= 0.3 is 0 Å². The van der Waals surface area contributed by atoms with Gasteiger partial charge in [-0.15, -0.1) is 0 Å². The number of rotatable bonds is 18. The van der Waals surface area contributed by atoms with Crippen LogP contribution in [0.2, 0.25) is 0 Å². The van der Waals surface area contributed by atoms with E-state index in [0.29, 0.717) is 0 Å². The van der Waals surface area contributed by atoms with Crippen molar-refractivity contribution >= 4 is 17.7 Å². The third-order valence-corrected chi connectivity index (χ3v) is 7.26. The Bertz CT molecular complexity index is 1610. The van der Waals surface area contributed by atoms with Crippen LogP contribution >= 0.6 is 0 Å². The molecule has 0 aromatic carbocycles. The van der Waals surface area contributed by atoms with Gasteiger partial charge in [0.2, 0.25) is 16.3 Å². The zero-order chi connectivity index (χ0) is 36.1. The molecule has 266 valence electrons. The average Bonchev–Trinajstić information content (AvgIpc) is 3.06. The van der Waals surface area contributed by atoms with Crippen molar-refractivity contribution in [2.24, 2.45) is 0 Å². The van der Waals surface area contributed by atoms with E-state index in [9.17, 15) is 59.4 Å². The quantitative estimate of drug-likeness (QED) is 0.0620. The van der Waals surface area contributed by atoms with Crippen LogP contribution in [0.15, 0.2) is 51.2 Å². The van der Waals surface area contributed by atoms with Crippen LogP contribution in [0.5, 0.6) is 17.2 Å². The minimum atomic E-state index is -0.812. The Kier molecular flexibility index (Phi) is 14.1. The van der Waals surface area contributed by atoms with Gasteiger partial charge in [-0.1, -0.05) is 0 Å². The number of aromatic hydroxyl groups is 3. The van der Waals surface area contributed by atoms with Crippen LogP contribution in [0, 0.1) is 0 Å². The van der Waals surface area contributed by atoms with E-state index in [0.717, 1.165) is 18.2 Å². The number of aliphatic hydroxyl groups excluding tert-OH is 3. The highest BCUT2D eigenvalue weighted by Gasteiger charge is 2.21. The fraction of sp³-hybridized carbons (Fsp3) is 0.400. The number of pyridine rings is 3. The predicted octanol–water partition coefficient (Wildman–Crippen LogP) is -3.84. The number of carbonyl (C=O) groups is 3. The van der Waals surface area contributed by atoms with Crippen molar-refractivity contribution in [3.8, 4) is 17.2 Å². The van der Waals surface area contributed by atoms with Gasteiger partial charge in [0.15, 0.2) is 34.3 Å². The first-order valence-corrected chi connectivity index (χ1v) is 15.1. The molecule has 0 bridgehead atoms. The van der Waals surface area contributed by atoms with E-state index in [2.05, 4.69) is 16.0 Å². The molecule has 0 spiro atoms. The molecule has 3 rings (SSSR count). The van der Waals surface area contributed by atoms with E-state index in [4.69, 9.17) is 0 Å². The van der Waals surface area contributed by atoms with Crippen molar-refractivity contribution < 1.29 is 45.0 Å². The molecular formula is C30H39N7O12. The van der Waals surface area contributed by atoms with Gasteiger partial charge in [0.1, 0.15) is 0 Å². The van der Waals surface area contributed by atoms with Gasteiger partial charge in [0.05, 0.1) is 19.8 Å². The Morgan fingerprint density at radius 2 is 0.796 bits per heavy atom. The molecule has 0 radical (unpaired) electrons. The van der Waals surface area contributed by atoms with Crippen molar-refractivity contribution in [1.29, 1.82) is 0 Å². The summed E-state index contributed by atoms with van der Waals surface area (Å²) in [5, 5.41) is 66.3. The minimum absolute atomic E-state index is 0.0621. The van der Waals surface area contributed by atoms with Gasteiger partial charge in [-0.25, -0.2) is 0 Å². The summed E-state index contributed by atoms with van der Waals surface area (Å²) in [6, 6.07) is 3.13. The minimum Gasteiger partial charge on any atom is -0.503 e. The van der Waals surface area contributed by atoms with Crippen LogP contribution in [0.3, 0.4) is 0 Å². The molecule has 9 N–H and O–H groups in total. The highest BCUT2D eigenvalue weighted by atomic mass is 16.3. The Hall–Kier alpha value is -5.50. The summed E-state index contributed by atoms with van der Waals surface area (Å²) in [7, 11) is 0. The van der Waals surface area contributed by atoms with Crippen LogP contribution in [-0.2, 0) is 19.6 Å². The van der Waals surface area contributed by atoms with E-state index >= 15 is 0 Å². The van der Waals surface area contributed by atoms with Crippen molar-refractivity contribution in [1.82, 2.24) is 34.6 Å². The molecule has 3 aromatic rings. The molecule has 19 nitrogen and oxygen atoms in total. The molecule has 0 aliphatic heterocycles. The first kappa shape index (κ1) is 38.0. The second kappa shape index (κ2) is 18.2. The van der Waals surface area contributed by atoms with Gasteiger partial charge in [0, 0.05) is 95.7 Å². The first-order chi connectivity index (χ1) is 23.4. The fourth-order valence-corrected chi connectivity index (χ4v) is 4.86. The lowest BCUT2D eigenvalue weighted by Crippen LogP contribution is -2.44. The largest absolute Gasteiger partial charge is 0.503 e. The lowest BCUT2D eigenvalue weighted by atomic mass is 10.2. The highest BCUT2D eigenvalue weighted by Crippen LogP contribution is 2.13. The second-order valence-electron chi connectivity index (χ2n) is 10.5. The smallest absolute Gasteiger partial charge is 0.271 e. The number of nitrogens with zero attached hydrogens (tertiary/aromatic N) is 4. The van der Waals surface area contributed by atoms with Crippen molar-refractivity contribution in [3.05, 3.63) is 84.5 Å². The summed E-state index contributed by atoms with van der Waals surface area (Å²) >= 11 is 0. The number of hydrogen-bond acceptors (Lipinski definition) is 13. The first-order valence-electron chi connectivity index (χ1n) is 15.1. The monoisotopic (exact) mass is 689 g/mol. The molecule has 49 heavy (non-hydrogen) atoms. The summed E-state index contributed by atoms with van der Waals surface area (Å²) < 4.78 is 3.62. The number of aliphatic hydroxyl groups is 3. The highest BCUT2D eigenvalue weighted by molar-refractivity contribution is 5.96. The van der Waals surface area contributed by atoms with Gasteiger partial charge in [0.25, 0.3) is 17.7 Å². The number of aromatic nitrogens is 3. The second-order valence-corrected chi connectivity index (χ2v) is 10.5. The third-order valence-electron chi connectivity index (χ3n) is 7.26. The zero-order valence-corrected chi connectivity index (χ0v) is 26.4. The number of nitrogens with one attached hydrogen (secondary N) is 3. The van der Waals surface area contributed by atoms with E-state index in [-0.39, 0.29) is 95.8 Å². The van der Waals surface area contributed by atoms with Gasteiger partial charge in [-0.2, -0.15) is 0 Å². The molecule has 0 unspecified atom stereocenters. The maximum Gasteiger partial charge on any atom is 0.271 e. The molecular weight excluding hydrogens is 650 g/mol. The molecule has 0 saturated carbocycles. The average molecular weight is 690 g/mol. The Morgan fingerprint density at radius 1 is 0.531 bits per heavy atom. The maximum absolute atomic E-state index is 12.9. The van der Waals surface area contributed by atoms with Gasteiger partial charge in [-0.05, 0) is 0 Å². The molecule has 3 aromatic heterocycles. The number of amides is 3. The Balaban J connectivity index is 1.73. The Labute approximate surface area is 277 Å². The van der Waals surface area contributed by atoms with Crippen LogP contribution in [0.25, 0.3) is 0 Å². The summed E-state index contributed by atoms with van der Waals surface area (Å²) in [4.78, 5) is 76.3. The molecule has 0 aliphatic rings. The summed E-state index contributed by atoms with van der Waals surface area (Å²) in [5.41, 5.74) is -3.47. The zero-order valence-electron chi connectivity index (χ0n) is 26.4. The fourth-order valence-electron chi connectivity index (χ4n) is 4.86. The van der Waals surface area contributed by atoms with Gasteiger partial charge in [-0.3, -0.25) is 33.7 Å². The van der Waals surface area contributed by atoms with Crippen LogP contribution < -0.4 is 32.2 Å². The third kappa shape index (κ3) is 9.76. The van der Waals surface area contributed by atoms with Crippen LogP contribution in [0.4, 0.5) is 0 Å².